The summed E-state index contributed by atoms with van der Waals surface area (Å²) in [6.45, 7) is 3.08. The Hall–Kier alpha value is -1.73. The van der Waals surface area contributed by atoms with Crippen molar-refractivity contribution in [2.24, 2.45) is 0 Å². The quantitative estimate of drug-likeness (QED) is 0.884. The number of hydrogen-bond donors (Lipinski definition) is 1. The number of nitrogens with zero attached hydrogens (tertiary/aromatic N) is 1. The first-order valence-electron chi connectivity index (χ1n) is 6.79. The Morgan fingerprint density at radius 3 is 2.89 bits per heavy atom. The lowest BCUT2D eigenvalue weighted by molar-refractivity contribution is 0.00925. The van der Waals surface area contributed by atoms with Gasteiger partial charge in [-0.1, -0.05) is 6.92 Å². The molecule has 19 heavy (non-hydrogen) atoms. The van der Waals surface area contributed by atoms with Gasteiger partial charge in [0, 0.05) is 18.3 Å². The van der Waals surface area contributed by atoms with E-state index in [1.807, 2.05) is 30.3 Å². The number of rotatable bonds is 5. The normalized spacial score (nSPS) is 22.5. The molecule has 1 aliphatic heterocycles. The van der Waals surface area contributed by atoms with Gasteiger partial charge in [-0.05, 0) is 43.5 Å². The fourth-order valence-electron chi connectivity index (χ4n) is 2.29. The summed E-state index contributed by atoms with van der Waals surface area (Å²) in [7, 11) is 0. The summed E-state index contributed by atoms with van der Waals surface area (Å²) < 4.78 is 10.9. The molecule has 2 atom stereocenters. The second kappa shape index (κ2) is 7.01. The molecule has 4 nitrogen and oxygen atoms in total. The standard InChI is InChI=1S/C15H20N2O2/c1-2-14-11-13(7-9-18-14)17-12-3-5-15(6-4-12)19-10-8-16/h3-6,13-14,17H,2,7,9-11H2,1H3. The van der Waals surface area contributed by atoms with Crippen molar-refractivity contribution in [1.82, 2.24) is 0 Å². The second-order valence-corrected chi connectivity index (χ2v) is 4.74. The lowest BCUT2D eigenvalue weighted by Crippen LogP contribution is -2.33. The Labute approximate surface area is 114 Å². The van der Waals surface area contributed by atoms with Crippen LogP contribution in [0, 0.1) is 11.3 Å². The molecule has 1 fully saturated rings. The SMILES string of the molecule is CCC1CC(Nc2ccc(OCC#N)cc2)CCO1. The van der Waals surface area contributed by atoms with Crippen molar-refractivity contribution >= 4 is 5.69 Å². The molecule has 1 aliphatic rings. The lowest BCUT2D eigenvalue weighted by atomic mass is 10.0. The zero-order valence-electron chi connectivity index (χ0n) is 11.3. The first-order valence-corrected chi connectivity index (χ1v) is 6.79. The molecule has 4 heteroatoms. The molecule has 0 aliphatic carbocycles. The maximum atomic E-state index is 8.45. The number of hydrogen-bond acceptors (Lipinski definition) is 4. The van der Waals surface area contributed by atoms with Crippen LogP contribution in [-0.2, 0) is 4.74 Å². The van der Waals surface area contributed by atoms with Gasteiger partial charge in [0.25, 0.3) is 0 Å². The average Bonchev–Trinajstić information content (AvgIpc) is 2.47. The molecule has 1 heterocycles. The summed E-state index contributed by atoms with van der Waals surface area (Å²) in [4.78, 5) is 0. The topological polar surface area (TPSA) is 54.3 Å². The average molecular weight is 260 g/mol. The highest BCUT2D eigenvalue weighted by Crippen LogP contribution is 2.22. The molecule has 1 saturated heterocycles. The van der Waals surface area contributed by atoms with Gasteiger partial charge in [-0.3, -0.25) is 0 Å². The van der Waals surface area contributed by atoms with Gasteiger partial charge in [0.15, 0.2) is 6.61 Å². The summed E-state index contributed by atoms with van der Waals surface area (Å²) in [5, 5.41) is 12.0. The first kappa shape index (κ1) is 13.7. The van der Waals surface area contributed by atoms with E-state index in [9.17, 15) is 0 Å². The zero-order valence-corrected chi connectivity index (χ0v) is 11.3. The molecule has 0 saturated carbocycles. The summed E-state index contributed by atoms with van der Waals surface area (Å²) in [6, 6.07) is 10.2. The van der Waals surface area contributed by atoms with Crippen molar-refractivity contribution in [2.75, 3.05) is 18.5 Å². The van der Waals surface area contributed by atoms with Gasteiger partial charge < -0.3 is 14.8 Å². The number of nitriles is 1. The first-order chi connectivity index (χ1) is 9.31. The van der Waals surface area contributed by atoms with Crippen LogP contribution in [0.3, 0.4) is 0 Å². The van der Waals surface area contributed by atoms with Crippen LogP contribution in [0.1, 0.15) is 26.2 Å². The Morgan fingerprint density at radius 2 is 2.21 bits per heavy atom. The molecule has 0 bridgehead atoms. The Morgan fingerprint density at radius 1 is 1.42 bits per heavy atom. The van der Waals surface area contributed by atoms with Crippen molar-refractivity contribution < 1.29 is 9.47 Å². The minimum absolute atomic E-state index is 0.0882. The van der Waals surface area contributed by atoms with Crippen molar-refractivity contribution in [3.05, 3.63) is 24.3 Å². The molecule has 1 aromatic carbocycles. The Kier molecular flexibility index (Phi) is 5.05. The fraction of sp³-hybridized carbons (Fsp3) is 0.533. The van der Waals surface area contributed by atoms with Crippen LogP contribution in [0.2, 0.25) is 0 Å². The van der Waals surface area contributed by atoms with Crippen LogP contribution < -0.4 is 10.1 Å². The third-order valence-electron chi connectivity index (χ3n) is 3.35. The van der Waals surface area contributed by atoms with E-state index < -0.39 is 0 Å². The van der Waals surface area contributed by atoms with Gasteiger partial charge in [0.2, 0.25) is 0 Å². The molecule has 2 rings (SSSR count). The summed E-state index contributed by atoms with van der Waals surface area (Å²) in [5.74, 6) is 0.727. The highest BCUT2D eigenvalue weighted by molar-refractivity contribution is 5.47. The molecular weight excluding hydrogens is 240 g/mol. The molecule has 102 valence electrons. The molecule has 0 radical (unpaired) electrons. The van der Waals surface area contributed by atoms with Crippen molar-refractivity contribution in [3.63, 3.8) is 0 Å². The molecule has 0 spiro atoms. The van der Waals surface area contributed by atoms with E-state index in [2.05, 4.69) is 12.2 Å². The van der Waals surface area contributed by atoms with Gasteiger partial charge in [-0.15, -0.1) is 0 Å². The molecule has 0 amide bonds. The third-order valence-corrected chi connectivity index (χ3v) is 3.35. The molecular formula is C15H20N2O2. The van der Waals surface area contributed by atoms with Gasteiger partial charge in [-0.25, -0.2) is 0 Å². The van der Waals surface area contributed by atoms with E-state index in [0.29, 0.717) is 12.1 Å². The number of nitrogens with one attached hydrogen (secondary N) is 1. The molecule has 1 N–H and O–H groups in total. The van der Waals surface area contributed by atoms with Crippen molar-refractivity contribution in [3.8, 4) is 11.8 Å². The highest BCUT2D eigenvalue weighted by Gasteiger charge is 2.20. The van der Waals surface area contributed by atoms with Gasteiger partial charge in [0.1, 0.15) is 11.8 Å². The van der Waals surface area contributed by atoms with Gasteiger partial charge in [-0.2, -0.15) is 5.26 Å². The molecule has 2 unspecified atom stereocenters. The van der Waals surface area contributed by atoms with Crippen molar-refractivity contribution in [1.29, 1.82) is 5.26 Å². The van der Waals surface area contributed by atoms with E-state index in [0.717, 1.165) is 37.3 Å². The maximum absolute atomic E-state index is 8.45. The van der Waals surface area contributed by atoms with E-state index in [4.69, 9.17) is 14.7 Å². The molecule has 1 aromatic rings. The Bertz CT molecular complexity index is 425. The monoisotopic (exact) mass is 260 g/mol. The van der Waals surface area contributed by atoms with Gasteiger partial charge >= 0.3 is 0 Å². The minimum Gasteiger partial charge on any atom is -0.479 e. The van der Waals surface area contributed by atoms with Crippen LogP contribution in [0.25, 0.3) is 0 Å². The van der Waals surface area contributed by atoms with Crippen LogP contribution in [0.15, 0.2) is 24.3 Å². The predicted octanol–water partition coefficient (Wildman–Crippen LogP) is 2.96. The van der Waals surface area contributed by atoms with Crippen LogP contribution >= 0.6 is 0 Å². The summed E-state index contributed by atoms with van der Waals surface area (Å²) >= 11 is 0. The smallest absolute Gasteiger partial charge is 0.174 e. The number of anilines is 1. The summed E-state index contributed by atoms with van der Waals surface area (Å²) in [6.07, 6.45) is 3.55. The van der Waals surface area contributed by atoms with Crippen LogP contribution in [0.4, 0.5) is 5.69 Å². The Balaban J connectivity index is 1.87. The second-order valence-electron chi connectivity index (χ2n) is 4.74. The van der Waals surface area contributed by atoms with E-state index in [1.165, 1.54) is 0 Å². The fourth-order valence-corrected chi connectivity index (χ4v) is 2.29. The molecule has 0 aromatic heterocycles. The highest BCUT2D eigenvalue weighted by atomic mass is 16.5. The number of ether oxygens (including phenoxy) is 2. The predicted molar refractivity (Wildman–Crippen MR) is 74.2 cm³/mol. The largest absolute Gasteiger partial charge is 0.479 e. The van der Waals surface area contributed by atoms with Gasteiger partial charge in [0.05, 0.1) is 6.10 Å². The zero-order chi connectivity index (χ0) is 13.5. The van der Waals surface area contributed by atoms with Crippen molar-refractivity contribution in [2.45, 2.75) is 38.3 Å². The van der Waals surface area contributed by atoms with E-state index in [-0.39, 0.29) is 6.61 Å². The maximum Gasteiger partial charge on any atom is 0.174 e. The van der Waals surface area contributed by atoms with E-state index in [1.54, 1.807) is 0 Å². The van der Waals surface area contributed by atoms with Crippen LogP contribution in [-0.4, -0.2) is 25.4 Å². The van der Waals surface area contributed by atoms with Crippen LogP contribution in [0.5, 0.6) is 5.75 Å². The lowest BCUT2D eigenvalue weighted by Gasteiger charge is -2.30. The number of benzene rings is 1. The third kappa shape index (κ3) is 4.15. The van der Waals surface area contributed by atoms with E-state index >= 15 is 0 Å². The summed E-state index contributed by atoms with van der Waals surface area (Å²) in [5.41, 5.74) is 1.09. The minimum atomic E-state index is 0.0882.